The smallest absolute Gasteiger partial charge is 0.387 e. The minimum Gasteiger partial charge on any atom is -0.435 e. The molecule has 0 saturated heterocycles. The second-order valence-electron chi connectivity index (χ2n) is 3.12. The number of aliphatic hydroxyl groups excluding tert-OH is 1. The molecule has 1 aromatic carbocycles. The topological polar surface area (TPSA) is 38.7 Å². The summed E-state index contributed by atoms with van der Waals surface area (Å²) in [6.07, 6.45) is -0.749. The normalized spacial score (nSPS) is 12.8. The summed E-state index contributed by atoms with van der Waals surface area (Å²) in [6, 6.07) is 5.83. The van der Waals surface area contributed by atoms with E-state index in [4.69, 9.17) is 4.74 Å². The molecule has 1 rings (SSSR count). The molecule has 0 aliphatic rings. The van der Waals surface area contributed by atoms with Crippen molar-refractivity contribution in [1.82, 2.24) is 0 Å². The molecule has 0 spiro atoms. The number of aliphatic hydroxyl groups is 1. The molecule has 1 atom stereocenters. The first kappa shape index (κ1) is 12.9. The molecule has 1 unspecified atom stereocenters. The van der Waals surface area contributed by atoms with Gasteiger partial charge in [-0.25, -0.2) is 0 Å². The Balaban J connectivity index is 2.56. The van der Waals surface area contributed by atoms with E-state index in [1.54, 1.807) is 0 Å². The molecule has 1 N–H and O–H groups in total. The van der Waals surface area contributed by atoms with Gasteiger partial charge in [0.25, 0.3) is 0 Å². The standard InChI is InChI=1S/C11H14F2O3/c1-2-15-7-10(14)8-3-5-9(6-4-8)16-11(12)13/h3-6,10-11,14H,2,7H2,1H3. The molecule has 0 aliphatic carbocycles. The minimum atomic E-state index is -2.83. The predicted octanol–water partition coefficient (Wildman–Crippen LogP) is 2.36. The van der Waals surface area contributed by atoms with Crippen LogP contribution in [-0.2, 0) is 4.74 Å². The van der Waals surface area contributed by atoms with Gasteiger partial charge in [-0.3, -0.25) is 0 Å². The third kappa shape index (κ3) is 4.12. The van der Waals surface area contributed by atoms with E-state index in [0.29, 0.717) is 12.2 Å². The van der Waals surface area contributed by atoms with Gasteiger partial charge < -0.3 is 14.6 Å². The fourth-order valence-corrected chi connectivity index (χ4v) is 1.20. The number of hydrogen-bond acceptors (Lipinski definition) is 3. The van der Waals surface area contributed by atoms with Crippen LogP contribution < -0.4 is 4.74 Å². The maximum absolute atomic E-state index is 11.9. The van der Waals surface area contributed by atoms with E-state index in [0.717, 1.165) is 0 Å². The zero-order valence-corrected chi connectivity index (χ0v) is 8.90. The van der Waals surface area contributed by atoms with Gasteiger partial charge in [-0.1, -0.05) is 12.1 Å². The van der Waals surface area contributed by atoms with E-state index in [9.17, 15) is 13.9 Å². The van der Waals surface area contributed by atoms with Crippen molar-refractivity contribution in [3.63, 3.8) is 0 Å². The van der Waals surface area contributed by atoms with Gasteiger partial charge in [-0.05, 0) is 24.6 Å². The first-order chi connectivity index (χ1) is 7.63. The highest BCUT2D eigenvalue weighted by Gasteiger charge is 2.08. The van der Waals surface area contributed by atoms with Gasteiger partial charge >= 0.3 is 6.61 Å². The average molecular weight is 232 g/mol. The van der Waals surface area contributed by atoms with Crippen LogP contribution in [0.1, 0.15) is 18.6 Å². The molecule has 90 valence electrons. The Hall–Kier alpha value is -1.20. The van der Waals surface area contributed by atoms with E-state index >= 15 is 0 Å². The number of ether oxygens (including phenoxy) is 2. The Kier molecular flexibility index (Phi) is 5.14. The monoisotopic (exact) mass is 232 g/mol. The van der Waals surface area contributed by atoms with Gasteiger partial charge in [0.2, 0.25) is 0 Å². The summed E-state index contributed by atoms with van der Waals surface area (Å²) < 4.78 is 32.9. The fraction of sp³-hybridized carbons (Fsp3) is 0.455. The van der Waals surface area contributed by atoms with Crippen LogP contribution in [0.2, 0.25) is 0 Å². The number of hydrogen-bond donors (Lipinski definition) is 1. The van der Waals surface area contributed by atoms with Crippen LogP contribution in [0.25, 0.3) is 0 Å². The van der Waals surface area contributed by atoms with Crippen LogP contribution in [0.3, 0.4) is 0 Å². The van der Waals surface area contributed by atoms with Crippen LogP contribution in [0.15, 0.2) is 24.3 Å². The Morgan fingerprint density at radius 1 is 1.25 bits per heavy atom. The maximum atomic E-state index is 11.9. The lowest BCUT2D eigenvalue weighted by Gasteiger charge is -2.11. The fourth-order valence-electron chi connectivity index (χ4n) is 1.20. The van der Waals surface area contributed by atoms with Crippen LogP contribution >= 0.6 is 0 Å². The number of halogens is 2. The van der Waals surface area contributed by atoms with Crippen molar-refractivity contribution >= 4 is 0 Å². The minimum absolute atomic E-state index is 0.0716. The van der Waals surface area contributed by atoms with Crippen LogP contribution in [0, 0.1) is 0 Å². The number of alkyl halides is 2. The van der Waals surface area contributed by atoms with E-state index in [2.05, 4.69) is 4.74 Å². The van der Waals surface area contributed by atoms with Crippen LogP contribution in [-0.4, -0.2) is 24.9 Å². The summed E-state index contributed by atoms with van der Waals surface area (Å²) in [4.78, 5) is 0. The number of rotatable bonds is 6. The first-order valence-electron chi connectivity index (χ1n) is 4.94. The molecule has 0 fully saturated rings. The van der Waals surface area contributed by atoms with Crippen LogP contribution in [0.5, 0.6) is 5.75 Å². The molecule has 0 heterocycles. The molecule has 0 saturated carbocycles. The van der Waals surface area contributed by atoms with Crippen molar-refractivity contribution in [3.05, 3.63) is 29.8 Å². The van der Waals surface area contributed by atoms with Gasteiger partial charge in [0.1, 0.15) is 11.9 Å². The Bertz CT molecular complexity index is 301. The molecule has 1 aromatic rings. The lowest BCUT2D eigenvalue weighted by molar-refractivity contribution is -0.0498. The molecular formula is C11H14F2O3. The molecule has 0 aliphatic heterocycles. The van der Waals surface area contributed by atoms with Gasteiger partial charge in [0.05, 0.1) is 6.61 Å². The summed E-state index contributed by atoms with van der Waals surface area (Å²) in [5.74, 6) is 0.0716. The zero-order valence-electron chi connectivity index (χ0n) is 8.90. The van der Waals surface area contributed by atoms with Crippen molar-refractivity contribution in [1.29, 1.82) is 0 Å². The molecular weight excluding hydrogens is 218 g/mol. The van der Waals surface area contributed by atoms with Gasteiger partial charge in [0, 0.05) is 6.61 Å². The van der Waals surface area contributed by atoms with E-state index < -0.39 is 12.7 Å². The third-order valence-electron chi connectivity index (χ3n) is 1.97. The highest BCUT2D eigenvalue weighted by molar-refractivity contribution is 5.28. The van der Waals surface area contributed by atoms with E-state index in [-0.39, 0.29) is 12.4 Å². The first-order valence-corrected chi connectivity index (χ1v) is 4.94. The second-order valence-corrected chi connectivity index (χ2v) is 3.12. The van der Waals surface area contributed by atoms with Gasteiger partial charge in [-0.2, -0.15) is 8.78 Å². The lowest BCUT2D eigenvalue weighted by Crippen LogP contribution is -2.07. The summed E-state index contributed by atoms with van der Waals surface area (Å²) in [7, 11) is 0. The van der Waals surface area contributed by atoms with E-state index in [1.807, 2.05) is 6.92 Å². The number of benzene rings is 1. The molecule has 0 amide bonds. The van der Waals surface area contributed by atoms with Crippen molar-refractivity contribution in [2.45, 2.75) is 19.6 Å². The molecule has 16 heavy (non-hydrogen) atoms. The second kappa shape index (κ2) is 6.40. The lowest BCUT2D eigenvalue weighted by atomic mass is 10.1. The molecule has 5 heteroatoms. The van der Waals surface area contributed by atoms with Crippen molar-refractivity contribution in [2.75, 3.05) is 13.2 Å². The molecule has 3 nitrogen and oxygen atoms in total. The van der Waals surface area contributed by atoms with E-state index in [1.165, 1.54) is 24.3 Å². The maximum Gasteiger partial charge on any atom is 0.387 e. The van der Waals surface area contributed by atoms with Crippen molar-refractivity contribution in [3.8, 4) is 5.75 Å². The average Bonchev–Trinajstić information content (AvgIpc) is 2.26. The zero-order chi connectivity index (χ0) is 12.0. The van der Waals surface area contributed by atoms with Crippen molar-refractivity contribution in [2.24, 2.45) is 0 Å². The third-order valence-corrected chi connectivity index (χ3v) is 1.97. The summed E-state index contributed by atoms with van der Waals surface area (Å²) in [6.45, 7) is -0.305. The highest BCUT2D eigenvalue weighted by atomic mass is 19.3. The van der Waals surface area contributed by atoms with Gasteiger partial charge in [0.15, 0.2) is 0 Å². The molecule has 0 radical (unpaired) electrons. The van der Waals surface area contributed by atoms with Crippen molar-refractivity contribution < 1.29 is 23.4 Å². The quantitative estimate of drug-likeness (QED) is 0.818. The summed E-state index contributed by atoms with van der Waals surface area (Å²) >= 11 is 0. The summed E-state index contributed by atoms with van der Waals surface area (Å²) in [5.41, 5.74) is 0.607. The molecule has 0 bridgehead atoms. The SMILES string of the molecule is CCOCC(O)c1ccc(OC(F)F)cc1. The highest BCUT2D eigenvalue weighted by Crippen LogP contribution is 2.19. The largest absolute Gasteiger partial charge is 0.435 e. The molecule has 0 aromatic heterocycles. The Morgan fingerprint density at radius 2 is 1.88 bits per heavy atom. The Morgan fingerprint density at radius 3 is 2.38 bits per heavy atom. The predicted molar refractivity (Wildman–Crippen MR) is 54.5 cm³/mol. The Labute approximate surface area is 92.6 Å². The summed E-state index contributed by atoms with van der Waals surface area (Å²) in [5, 5.41) is 9.61. The van der Waals surface area contributed by atoms with Crippen LogP contribution in [0.4, 0.5) is 8.78 Å². The van der Waals surface area contributed by atoms with Gasteiger partial charge in [-0.15, -0.1) is 0 Å².